The zero-order chi connectivity index (χ0) is 17.1. The van der Waals surface area contributed by atoms with E-state index in [4.69, 9.17) is 16.3 Å². The van der Waals surface area contributed by atoms with Crippen LogP contribution in [0.3, 0.4) is 0 Å². The molecule has 0 aliphatic carbocycles. The monoisotopic (exact) mass is 344 g/mol. The number of carbonyl (C=O) groups excluding carboxylic acids is 1. The Hall–Kier alpha value is -2.66. The van der Waals surface area contributed by atoms with Gasteiger partial charge in [-0.1, -0.05) is 11.6 Å². The summed E-state index contributed by atoms with van der Waals surface area (Å²) in [4.78, 5) is 16.4. The van der Waals surface area contributed by atoms with Crippen molar-refractivity contribution in [3.8, 4) is 0 Å². The molecule has 24 heavy (non-hydrogen) atoms. The second kappa shape index (κ2) is 6.84. The standard InChI is InChI=1S/C18H14ClFN2O2/c1-2-24-18(23)15-10-21-16-8-5-12(20)9-14(16)17(15)22-13-6-3-11(19)4-7-13/h3-10H,2H2,1H3,(H,21,22). The molecule has 4 nitrogen and oxygen atoms in total. The summed E-state index contributed by atoms with van der Waals surface area (Å²) in [6.07, 6.45) is 1.43. The molecule has 3 aromatic rings. The molecule has 0 aliphatic heterocycles. The van der Waals surface area contributed by atoms with Crippen LogP contribution in [0.25, 0.3) is 10.9 Å². The molecule has 0 atom stereocenters. The smallest absolute Gasteiger partial charge is 0.341 e. The number of pyridine rings is 1. The molecule has 0 radical (unpaired) electrons. The highest BCUT2D eigenvalue weighted by molar-refractivity contribution is 6.30. The van der Waals surface area contributed by atoms with Gasteiger partial charge in [0.05, 0.1) is 17.8 Å². The van der Waals surface area contributed by atoms with E-state index >= 15 is 0 Å². The van der Waals surface area contributed by atoms with Crippen LogP contribution in [0.4, 0.5) is 15.8 Å². The third-order valence-electron chi connectivity index (χ3n) is 3.44. The van der Waals surface area contributed by atoms with Crippen LogP contribution < -0.4 is 5.32 Å². The van der Waals surface area contributed by atoms with Gasteiger partial charge in [0.25, 0.3) is 0 Å². The zero-order valence-corrected chi connectivity index (χ0v) is 13.6. The van der Waals surface area contributed by atoms with Gasteiger partial charge in [0.15, 0.2) is 0 Å². The minimum absolute atomic E-state index is 0.237. The number of nitrogens with one attached hydrogen (secondary N) is 1. The Morgan fingerprint density at radius 3 is 2.71 bits per heavy atom. The lowest BCUT2D eigenvalue weighted by Crippen LogP contribution is -2.09. The molecule has 0 unspecified atom stereocenters. The topological polar surface area (TPSA) is 51.2 Å². The van der Waals surface area contributed by atoms with E-state index in [-0.39, 0.29) is 12.2 Å². The van der Waals surface area contributed by atoms with Gasteiger partial charge < -0.3 is 10.1 Å². The number of anilines is 2. The number of ether oxygens (including phenoxy) is 1. The quantitative estimate of drug-likeness (QED) is 0.680. The maximum absolute atomic E-state index is 13.7. The number of benzene rings is 2. The van der Waals surface area contributed by atoms with Crippen molar-refractivity contribution < 1.29 is 13.9 Å². The molecule has 0 aliphatic rings. The van der Waals surface area contributed by atoms with E-state index in [9.17, 15) is 9.18 Å². The molecule has 1 aromatic heterocycles. The van der Waals surface area contributed by atoms with Gasteiger partial charge >= 0.3 is 5.97 Å². The summed E-state index contributed by atoms with van der Waals surface area (Å²) in [5, 5.41) is 4.23. The highest BCUT2D eigenvalue weighted by Crippen LogP contribution is 2.30. The lowest BCUT2D eigenvalue weighted by atomic mass is 10.1. The average molecular weight is 345 g/mol. The minimum Gasteiger partial charge on any atom is -0.462 e. The van der Waals surface area contributed by atoms with Gasteiger partial charge in [-0.15, -0.1) is 0 Å². The second-order valence-electron chi connectivity index (χ2n) is 5.06. The van der Waals surface area contributed by atoms with Crippen molar-refractivity contribution in [2.45, 2.75) is 6.92 Å². The fourth-order valence-electron chi connectivity index (χ4n) is 2.34. The predicted octanol–water partition coefficient (Wildman–Crippen LogP) is 4.95. The van der Waals surface area contributed by atoms with E-state index in [1.807, 2.05) is 0 Å². The highest BCUT2D eigenvalue weighted by atomic mass is 35.5. The summed E-state index contributed by atoms with van der Waals surface area (Å²) < 4.78 is 18.8. The van der Waals surface area contributed by atoms with Crippen LogP contribution in [0.15, 0.2) is 48.7 Å². The number of esters is 1. The predicted molar refractivity (Wildman–Crippen MR) is 92.4 cm³/mol. The first-order valence-corrected chi connectivity index (χ1v) is 7.74. The van der Waals surface area contributed by atoms with E-state index < -0.39 is 11.8 Å². The first-order chi connectivity index (χ1) is 11.6. The van der Waals surface area contributed by atoms with E-state index in [0.717, 1.165) is 0 Å². The first kappa shape index (κ1) is 16.2. The van der Waals surface area contributed by atoms with Gasteiger partial charge in [-0.2, -0.15) is 0 Å². The fourth-order valence-corrected chi connectivity index (χ4v) is 2.47. The SMILES string of the molecule is CCOC(=O)c1cnc2ccc(F)cc2c1Nc1ccc(Cl)cc1. The van der Waals surface area contributed by atoms with Crippen molar-refractivity contribution in [2.24, 2.45) is 0 Å². The molecule has 0 amide bonds. The Kier molecular flexibility index (Phi) is 4.62. The molecule has 122 valence electrons. The van der Waals surface area contributed by atoms with Gasteiger partial charge in [0.2, 0.25) is 0 Å². The van der Waals surface area contributed by atoms with Crippen LogP contribution in [0, 0.1) is 5.82 Å². The van der Waals surface area contributed by atoms with Crippen LogP contribution in [0.1, 0.15) is 17.3 Å². The minimum atomic E-state index is -0.521. The van der Waals surface area contributed by atoms with Gasteiger partial charge in [-0.3, -0.25) is 4.98 Å². The van der Waals surface area contributed by atoms with Crippen LogP contribution >= 0.6 is 11.6 Å². The fraction of sp³-hybridized carbons (Fsp3) is 0.111. The number of hydrogen-bond acceptors (Lipinski definition) is 4. The molecule has 1 heterocycles. The van der Waals surface area contributed by atoms with Crippen LogP contribution in [-0.4, -0.2) is 17.6 Å². The van der Waals surface area contributed by atoms with Crippen molar-refractivity contribution >= 4 is 39.8 Å². The number of halogens is 2. The Labute approximate surface area is 143 Å². The molecular formula is C18H14ClFN2O2. The van der Waals surface area contributed by atoms with Crippen LogP contribution in [-0.2, 0) is 4.74 Å². The van der Waals surface area contributed by atoms with Gasteiger partial charge in [0, 0.05) is 22.3 Å². The first-order valence-electron chi connectivity index (χ1n) is 7.36. The lowest BCUT2D eigenvalue weighted by molar-refractivity contribution is 0.0527. The van der Waals surface area contributed by atoms with Crippen molar-refractivity contribution in [2.75, 3.05) is 11.9 Å². The van der Waals surface area contributed by atoms with E-state index in [1.165, 1.54) is 18.3 Å². The van der Waals surface area contributed by atoms with E-state index in [0.29, 0.717) is 27.3 Å². The molecule has 0 saturated heterocycles. The normalized spacial score (nSPS) is 10.6. The van der Waals surface area contributed by atoms with Crippen molar-refractivity contribution in [1.29, 1.82) is 0 Å². The largest absolute Gasteiger partial charge is 0.462 e. The number of hydrogen-bond donors (Lipinski definition) is 1. The number of nitrogens with zero attached hydrogens (tertiary/aromatic N) is 1. The maximum Gasteiger partial charge on any atom is 0.341 e. The van der Waals surface area contributed by atoms with Crippen LogP contribution in [0.5, 0.6) is 0 Å². The molecule has 0 spiro atoms. The van der Waals surface area contributed by atoms with E-state index in [1.54, 1.807) is 37.3 Å². The summed E-state index contributed by atoms with van der Waals surface area (Å²) >= 11 is 5.89. The average Bonchev–Trinajstić information content (AvgIpc) is 2.57. The summed E-state index contributed by atoms with van der Waals surface area (Å²) in [7, 11) is 0. The van der Waals surface area contributed by atoms with Crippen molar-refractivity contribution in [1.82, 2.24) is 4.98 Å². The number of fused-ring (bicyclic) bond motifs is 1. The third-order valence-corrected chi connectivity index (χ3v) is 3.69. The van der Waals surface area contributed by atoms with Crippen molar-refractivity contribution in [3.05, 3.63) is 65.1 Å². The Morgan fingerprint density at radius 2 is 2.00 bits per heavy atom. The van der Waals surface area contributed by atoms with Crippen molar-refractivity contribution in [3.63, 3.8) is 0 Å². The number of rotatable bonds is 4. The zero-order valence-electron chi connectivity index (χ0n) is 12.8. The Bertz CT molecular complexity index is 897. The Balaban J connectivity index is 2.16. The molecule has 0 saturated carbocycles. The van der Waals surface area contributed by atoms with E-state index in [2.05, 4.69) is 10.3 Å². The number of carbonyl (C=O) groups is 1. The summed E-state index contributed by atoms with van der Waals surface area (Å²) in [6, 6.07) is 11.2. The molecule has 0 bridgehead atoms. The lowest BCUT2D eigenvalue weighted by Gasteiger charge is -2.14. The Morgan fingerprint density at radius 1 is 1.25 bits per heavy atom. The molecule has 3 rings (SSSR count). The highest BCUT2D eigenvalue weighted by Gasteiger charge is 2.17. The summed E-state index contributed by atoms with van der Waals surface area (Å²) in [5.74, 6) is -0.933. The molecule has 1 N–H and O–H groups in total. The van der Waals surface area contributed by atoms with Gasteiger partial charge in [-0.25, -0.2) is 9.18 Å². The van der Waals surface area contributed by atoms with Crippen LogP contribution in [0.2, 0.25) is 5.02 Å². The molecule has 6 heteroatoms. The third kappa shape index (κ3) is 3.31. The summed E-state index contributed by atoms with van der Waals surface area (Å²) in [5.41, 5.74) is 1.97. The number of aromatic nitrogens is 1. The summed E-state index contributed by atoms with van der Waals surface area (Å²) in [6.45, 7) is 1.96. The molecular weight excluding hydrogens is 331 g/mol. The van der Waals surface area contributed by atoms with Gasteiger partial charge in [-0.05, 0) is 49.4 Å². The maximum atomic E-state index is 13.7. The molecule has 0 fully saturated rings. The molecule has 2 aromatic carbocycles. The van der Waals surface area contributed by atoms with Gasteiger partial charge in [0.1, 0.15) is 11.4 Å². The second-order valence-corrected chi connectivity index (χ2v) is 5.50.